The largest absolute Gasteiger partial charge is 0.481 e. The molecule has 1 aromatic carbocycles. The lowest BCUT2D eigenvalue weighted by Crippen LogP contribution is -2.35. The summed E-state index contributed by atoms with van der Waals surface area (Å²) in [4.78, 5) is 15.6. The van der Waals surface area contributed by atoms with Gasteiger partial charge in [-0.15, -0.1) is 0 Å². The molecular weight excluding hydrogens is 479 g/mol. The Balaban J connectivity index is 1.58. The molecule has 4 rings (SSSR count). The fourth-order valence-electron chi connectivity index (χ4n) is 4.17. The summed E-state index contributed by atoms with van der Waals surface area (Å²) in [6, 6.07) is 7.36. The minimum atomic E-state index is -3.83. The third kappa shape index (κ3) is 5.71. The lowest BCUT2D eigenvalue weighted by Gasteiger charge is -2.26. The lowest BCUT2D eigenvalue weighted by molar-refractivity contribution is -0.142. The van der Waals surface area contributed by atoms with E-state index in [0.717, 1.165) is 5.56 Å². The second-order valence-corrected chi connectivity index (χ2v) is 10.7. The number of benzene rings is 1. The van der Waals surface area contributed by atoms with E-state index in [1.165, 1.54) is 18.2 Å². The number of halogens is 1. The van der Waals surface area contributed by atoms with Gasteiger partial charge in [-0.3, -0.25) is 4.79 Å². The van der Waals surface area contributed by atoms with Gasteiger partial charge in [0.2, 0.25) is 6.79 Å². The van der Waals surface area contributed by atoms with E-state index < -0.39 is 32.7 Å². The molecule has 1 aliphatic heterocycles. The van der Waals surface area contributed by atoms with E-state index in [9.17, 15) is 27.9 Å². The van der Waals surface area contributed by atoms with Crippen molar-refractivity contribution in [3.8, 4) is 23.5 Å². The van der Waals surface area contributed by atoms with Gasteiger partial charge in [0.1, 0.15) is 17.2 Å². The number of pyridine rings is 1. The van der Waals surface area contributed by atoms with Crippen molar-refractivity contribution in [2.75, 3.05) is 12.5 Å². The molecule has 35 heavy (non-hydrogen) atoms. The van der Waals surface area contributed by atoms with Crippen LogP contribution in [0.5, 0.6) is 11.6 Å². The number of aliphatic carboxylic acids is 1. The highest BCUT2D eigenvalue weighted by atomic mass is 32.2. The number of fused-ring (bicyclic) bond motifs is 1. The predicted molar refractivity (Wildman–Crippen MR) is 123 cm³/mol. The van der Waals surface area contributed by atoms with Crippen molar-refractivity contribution >= 4 is 21.5 Å². The van der Waals surface area contributed by atoms with Gasteiger partial charge < -0.3 is 19.8 Å². The number of oxime groups is 1. The third-order valence-corrected chi connectivity index (χ3v) is 8.14. The first-order chi connectivity index (χ1) is 16.8. The molecule has 0 spiro atoms. The van der Waals surface area contributed by atoms with Crippen molar-refractivity contribution in [2.45, 2.75) is 37.4 Å². The average Bonchev–Trinajstić information content (AvgIpc) is 3.32. The van der Waals surface area contributed by atoms with Gasteiger partial charge in [-0.05, 0) is 48.9 Å². The maximum absolute atomic E-state index is 13.1. The molecular formula is C24H23FN2O7S. The lowest BCUT2D eigenvalue weighted by atomic mass is 9.89. The smallest absolute Gasteiger partial charge is 0.306 e. The summed E-state index contributed by atoms with van der Waals surface area (Å²) in [5, 5.41) is 21.4. The first-order valence-electron chi connectivity index (χ1n) is 11.0. The molecule has 0 bridgehead atoms. The van der Waals surface area contributed by atoms with Gasteiger partial charge in [0.05, 0.1) is 22.5 Å². The summed E-state index contributed by atoms with van der Waals surface area (Å²) in [7, 11) is -3.83. The van der Waals surface area contributed by atoms with E-state index in [0.29, 0.717) is 25.7 Å². The molecule has 184 valence electrons. The number of hydrogen-bond donors (Lipinski definition) is 2. The standard InChI is InChI=1S/C24H23FN2O7S/c25-17-9-7-15(8-10-17)3-1-5-18-12-20(22-23(26-18)34-14-33-22)21(27-30)13-35(31,32)19-6-2-4-16(11-19)24(28)29/h7-10,12,16,19,30H,2-4,6,11,13-14H2,(H,28,29)/b27-21+. The zero-order chi connectivity index (χ0) is 25.0. The van der Waals surface area contributed by atoms with Crippen LogP contribution < -0.4 is 9.47 Å². The van der Waals surface area contributed by atoms with Crippen LogP contribution in [0.3, 0.4) is 0 Å². The number of carbonyl (C=O) groups is 1. The molecule has 1 aromatic heterocycles. The molecule has 2 unspecified atom stereocenters. The van der Waals surface area contributed by atoms with Crippen LogP contribution >= 0.6 is 0 Å². The topological polar surface area (TPSA) is 135 Å². The van der Waals surface area contributed by atoms with E-state index in [1.54, 1.807) is 12.1 Å². The zero-order valence-corrected chi connectivity index (χ0v) is 19.4. The molecule has 1 aliphatic carbocycles. The van der Waals surface area contributed by atoms with Crippen LogP contribution in [-0.4, -0.2) is 53.2 Å². The van der Waals surface area contributed by atoms with Gasteiger partial charge >= 0.3 is 5.97 Å². The SMILES string of the molecule is O=C(O)C1CCCC(S(=O)(=O)C/C(=N\O)c2cc(C#CCc3ccc(F)cc3)nc3c2OCO3)C1. The average molecular weight is 503 g/mol. The molecule has 9 nitrogen and oxygen atoms in total. The van der Waals surface area contributed by atoms with Gasteiger partial charge in [0.15, 0.2) is 15.6 Å². The maximum Gasteiger partial charge on any atom is 0.306 e. The molecule has 0 amide bonds. The molecule has 2 aromatic rings. The van der Waals surface area contributed by atoms with Crippen LogP contribution in [0.15, 0.2) is 35.5 Å². The summed E-state index contributed by atoms with van der Waals surface area (Å²) < 4.78 is 50.1. The van der Waals surface area contributed by atoms with Gasteiger partial charge in [0, 0.05) is 6.42 Å². The number of rotatable bonds is 6. The number of aromatic nitrogens is 1. The van der Waals surface area contributed by atoms with Gasteiger partial charge in [-0.2, -0.15) is 0 Å². The highest BCUT2D eigenvalue weighted by Crippen LogP contribution is 2.36. The molecule has 2 atom stereocenters. The minimum Gasteiger partial charge on any atom is -0.481 e. The fraction of sp³-hybridized carbons (Fsp3) is 0.375. The van der Waals surface area contributed by atoms with Gasteiger partial charge in [0.25, 0.3) is 5.88 Å². The van der Waals surface area contributed by atoms with Crippen LogP contribution in [-0.2, 0) is 21.1 Å². The summed E-state index contributed by atoms with van der Waals surface area (Å²) in [6.07, 6.45) is 1.62. The Hall–Kier alpha value is -3.65. The minimum absolute atomic E-state index is 0.0184. The Morgan fingerprint density at radius 2 is 2.00 bits per heavy atom. The van der Waals surface area contributed by atoms with Crippen molar-refractivity contribution in [3.05, 3.63) is 53.0 Å². The molecule has 11 heteroatoms. The van der Waals surface area contributed by atoms with Crippen LogP contribution in [0.1, 0.15) is 42.5 Å². The Kier molecular flexibility index (Phi) is 7.21. The van der Waals surface area contributed by atoms with E-state index in [1.807, 2.05) is 0 Å². The maximum atomic E-state index is 13.1. The number of carboxylic acid groups (broad SMARTS) is 1. The van der Waals surface area contributed by atoms with E-state index in [4.69, 9.17) is 9.47 Å². The van der Waals surface area contributed by atoms with E-state index in [-0.39, 0.29) is 47.6 Å². The number of sulfone groups is 1. The Morgan fingerprint density at radius 3 is 2.71 bits per heavy atom. The summed E-state index contributed by atoms with van der Waals surface area (Å²) in [5.74, 6) is 3.33. The highest BCUT2D eigenvalue weighted by Gasteiger charge is 2.36. The summed E-state index contributed by atoms with van der Waals surface area (Å²) in [5.41, 5.74) is 1.05. The van der Waals surface area contributed by atoms with Crippen LogP contribution in [0.2, 0.25) is 0 Å². The number of nitrogens with zero attached hydrogens (tertiary/aromatic N) is 2. The fourth-order valence-corrected chi connectivity index (χ4v) is 6.05. The number of carboxylic acids is 1. The monoisotopic (exact) mass is 502 g/mol. The summed E-state index contributed by atoms with van der Waals surface area (Å²) in [6.45, 7) is -0.143. The van der Waals surface area contributed by atoms with Crippen LogP contribution in [0, 0.1) is 23.6 Å². The second kappa shape index (κ2) is 10.3. The van der Waals surface area contributed by atoms with Crippen LogP contribution in [0.4, 0.5) is 4.39 Å². The van der Waals surface area contributed by atoms with Gasteiger partial charge in [-0.25, -0.2) is 17.8 Å². The summed E-state index contributed by atoms with van der Waals surface area (Å²) >= 11 is 0. The van der Waals surface area contributed by atoms with E-state index in [2.05, 4.69) is 22.0 Å². The van der Waals surface area contributed by atoms with Crippen molar-refractivity contribution in [2.24, 2.45) is 11.1 Å². The zero-order valence-electron chi connectivity index (χ0n) is 18.6. The Bertz CT molecular complexity index is 1310. The van der Waals surface area contributed by atoms with Crippen molar-refractivity contribution < 1.29 is 37.4 Å². The van der Waals surface area contributed by atoms with E-state index >= 15 is 0 Å². The second-order valence-electron chi connectivity index (χ2n) is 8.38. The molecule has 1 saturated carbocycles. The molecule has 1 fully saturated rings. The molecule has 2 aliphatic rings. The Labute approximate surface area is 201 Å². The molecule has 0 saturated heterocycles. The van der Waals surface area contributed by atoms with Crippen LogP contribution in [0.25, 0.3) is 0 Å². The Morgan fingerprint density at radius 1 is 1.23 bits per heavy atom. The quantitative estimate of drug-likeness (QED) is 0.266. The predicted octanol–water partition coefficient (Wildman–Crippen LogP) is 2.78. The molecule has 2 heterocycles. The number of ether oxygens (including phenoxy) is 2. The normalized spacial score (nSPS) is 19.6. The highest BCUT2D eigenvalue weighted by molar-refractivity contribution is 7.92. The first-order valence-corrected chi connectivity index (χ1v) is 12.7. The molecule has 0 radical (unpaired) electrons. The third-order valence-electron chi connectivity index (χ3n) is 6.02. The number of hydrogen-bond acceptors (Lipinski definition) is 8. The van der Waals surface area contributed by atoms with Crippen molar-refractivity contribution in [1.82, 2.24) is 4.98 Å². The van der Waals surface area contributed by atoms with Gasteiger partial charge in [-0.1, -0.05) is 29.6 Å². The molecule has 2 N–H and O–H groups in total. The first kappa shape index (κ1) is 24.5. The van der Waals surface area contributed by atoms with Crippen molar-refractivity contribution in [3.63, 3.8) is 0 Å². The van der Waals surface area contributed by atoms with Crippen molar-refractivity contribution in [1.29, 1.82) is 0 Å².